The van der Waals surface area contributed by atoms with Crippen molar-refractivity contribution in [2.45, 2.75) is 6.42 Å². The minimum absolute atomic E-state index is 0.107. The maximum atomic E-state index is 12.5. The molecule has 1 saturated heterocycles. The van der Waals surface area contributed by atoms with Crippen LogP contribution in [0.2, 0.25) is 0 Å². The van der Waals surface area contributed by atoms with E-state index in [-0.39, 0.29) is 41.2 Å². The molecule has 1 N–H and O–H groups in total. The van der Waals surface area contributed by atoms with Crippen molar-refractivity contribution in [2.24, 2.45) is 28.8 Å². The molecule has 5 nitrogen and oxygen atoms in total. The van der Waals surface area contributed by atoms with Gasteiger partial charge in [0.25, 0.3) is 11.8 Å². The maximum Gasteiger partial charge on any atom is 0.254 e. The Kier molecular flexibility index (Phi) is 3.74. The minimum Gasteiger partial charge on any atom is -0.506 e. The summed E-state index contributed by atoms with van der Waals surface area (Å²) in [5.41, 5.74) is 0.500. The average Bonchev–Trinajstić information content (AvgIpc) is 3.17. The molecule has 3 aliphatic rings. The first-order valence-electron chi connectivity index (χ1n) is 7.25. The number of halogens is 2. The van der Waals surface area contributed by atoms with Crippen molar-refractivity contribution >= 4 is 63.2 Å². The van der Waals surface area contributed by atoms with E-state index in [0.29, 0.717) is 9.13 Å². The molecular weight excluding hydrogens is 522 g/mol. The lowest BCUT2D eigenvalue weighted by Gasteiger charge is -2.13. The third-order valence-electron chi connectivity index (χ3n) is 4.82. The molecular formula is C16H12I2N2O3. The summed E-state index contributed by atoms with van der Waals surface area (Å²) >= 11 is 4.18. The van der Waals surface area contributed by atoms with E-state index < -0.39 is 0 Å². The van der Waals surface area contributed by atoms with Gasteiger partial charge in [-0.05, 0) is 75.6 Å². The first-order valence-corrected chi connectivity index (χ1v) is 9.41. The predicted octanol–water partition coefficient (Wildman–Crippen LogP) is 2.74. The first kappa shape index (κ1) is 15.6. The molecule has 2 aliphatic carbocycles. The minimum atomic E-state index is -0.251. The number of hydrogen-bond acceptors (Lipinski definition) is 4. The van der Waals surface area contributed by atoms with Crippen molar-refractivity contribution < 1.29 is 14.7 Å². The summed E-state index contributed by atoms with van der Waals surface area (Å²) in [6, 6.07) is 3.60. The number of phenolic OH excluding ortho intramolecular Hbond substituents is 1. The topological polar surface area (TPSA) is 70.0 Å². The van der Waals surface area contributed by atoms with Crippen LogP contribution >= 0.6 is 45.2 Å². The van der Waals surface area contributed by atoms with Crippen molar-refractivity contribution in [1.29, 1.82) is 0 Å². The Balaban J connectivity index is 1.63. The lowest BCUT2D eigenvalue weighted by molar-refractivity contribution is -0.140. The summed E-state index contributed by atoms with van der Waals surface area (Å²) in [5, 5.41) is 15.2. The zero-order chi connectivity index (χ0) is 16.3. The van der Waals surface area contributed by atoms with Crippen molar-refractivity contribution in [1.82, 2.24) is 5.01 Å². The molecule has 4 atom stereocenters. The number of fused-ring (bicyclic) bond motifs is 5. The van der Waals surface area contributed by atoms with Gasteiger partial charge in [-0.15, -0.1) is 0 Å². The fourth-order valence-corrected chi connectivity index (χ4v) is 5.69. The molecule has 23 heavy (non-hydrogen) atoms. The Morgan fingerprint density at radius 2 is 1.74 bits per heavy atom. The molecule has 1 heterocycles. The van der Waals surface area contributed by atoms with Crippen LogP contribution in [0.15, 0.2) is 29.4 Å². The van der Waals surface area contributed by atoms with Gasteiger partial charge < -0.3 is 5.11 Å². The number of amides is 2. The van der Waals surface area contributed by atoms with E-state index in [1.807, 2.05) is 28.7 Å². The van der Waals surface area contributed by atoms with Crippen molar-refractivity contribution in [3.05, 3.63) is 37.0 Å². The molecule has 1 aromatic rings. The van der Waals surface area contributed by atoms with E-state index in [9.17, 15) is 14.7 Å². The van der Waals surface area contributed by atoms with E-state index in [4.69, 9.17) is 0 Å². The number of carbonyl (C=O) groups excluding carboxylic acids is 2. The number of aromatic hydroxyl groups is 1. The van der Waals surface area contributed by atoms with E-state index >= 15 is 0 Å². The molecule has 2 bridgehead atoms. The van der Waals surface area contributed by atoms with Gasteiger partial charge in [0.2, 0.25) is 0 Å². The summed E-state index contributed by atoms with van der Waals surface area (Å²) < 4.78 is 1.65. The van der Waals surface area contributed by atoms with Crippen LogP contribution in [-0.2, 0) is 9.59 Å². The highest BCUT2D eigenvalue weighted by Gasteiger charge is 2.59. The number of allylic oxidation sites excluding steroid dienone is 2. The Labute approximate surface area is 160 Å². The molecule has 7 heteroatoms. The summed E-state index contributed by atoms with van der Waals surface area (Å²) in [6.07, 6.45) is 6.40. The number of carbonyl (C=O) groups is 2. The third-order valence-corrected chi connectivity index (χ3v) is 6.26. The molecule has 0 unspecified atom stereocenters. The van der Waals surface area contributed by atoms with Crippen LogP contribution in [-0.4, -0.2) is 28.1 Å². The fourth-order valence-electron chi connectivity index (χ4n) is 3.80. The van der Waals surface area contributed by atoms with Crippen LogP contribution in [0.1, 0.15) is 12.0 Å². The summed E-state index contributed by atoms with van der Waals surface area (Å²) in [6.45, 7) is 0. The number of benzene rings is 1. The lowest BCUT2D eigenvalue weighted by Crippen LogP contribution is -2.28. The number of hydrazone groups is 1. The quantitative estimate of drug-likeness (QED) is 0.275. The third kappa shape index (κ3) is 2.34. The van der Waals surface area contributed by atoms with Crippen molar-refractivity contribution in [3.63, 3.8) is 0 Å². The van der Waals surface area contributed by atoms with E-state index in [1.165, 1.54) is 6.21 Å². The lowest BCUT2D eigenvalue weighted by atomic mass is 9.85. The van der Waals surface area contributed by atoms with Crippen LogP contribution < -0.4 is 0 Å². The second kappa shape index (κ2) is 5.54. The van der Waals surface area contributed by atoms with Gasteiger partial charge in [0, 0.05) is 9.13 Å². The molecule has 2 fully saturated rings. The molecule has 0 spiro atoms. The van der Waals surface area contributed by atoms with Gasteiger partial charge in [-0.3, -0.25) is 9.59 Å². The van der Waals surface area contributed by atoms with Crippen LogP contribution in [0.5, 0.6) is 5.75 Å². The predicted molar refractivity (Wildman–Crippen MR) is 101 cm³/mol. The average molecular weight is 534 g/mol. The number of imide groups is 1. The molecule has 118 valence electrons. The van der Waals surface area contributed by atoms with Crippen LogP contribution in [0.25, 0.3) is 0 Å². The number of rotatable bonds is 2. The number of nitrogens with zero attached hydrogens (tertiary/aromatic N) is 2. The Hall–Kier alpha value is -0.970. The van der Waals surface area contributed by atoms with Gasteiger partial charge >= 0.3 is 0 Å². The molecule has 1 aliphatic heterocycles. The monoisotopic (exact) mass is 534 g/mol. The fraction of sp³-hybridized carbons (Fsp3) is 0.312. The largest absolute Gasteiger partial charge is 0.506 e. The summed E-state index contributed by atoms with van der Waals surface area (Å²) in [7, 11) is 0. The molecule has 1 aromatic carbocycles. The standard InChI is InChI=1S/C16H12I2N2O3/c17-10-4-9(14(21)11(18)5-10)6-19-20-15(22)12-7-1-2-8(3-7)13(12)16(20)23/h1-2,4-8,12-13,21H,3H2/b19-6-/t7-,8-,12-,13-/m0/s1. The highest BCUT2D eigenvalue weighted by Crippen LogP contribution is 2.52. The van der Waals surface area contributed by atoms with Crippen LogP contribution in [0.4, 0.5) is 0 Å². The number of phenols is 1. The second-order valence-electron chi connectivity index (χ2n) is 6.06. The SMILES string of the molecule is O=C1[C@@H]2[C@@H](C(=O)N1/N=C\c1cc(I)cc(I)c1O)[C@H]1C=C[C@H]2C1. The summed E-state index contributed by atoms with van der Waals surface area (Å²) in [4.78, 5) is 25.0. The second-order valence-corrected chi connectivity index (χ2v) is 8.47. The van der Waals surface area contributed by atoms with Crippen LogP contribution in [0.3, 0.4) is 0 Å². The van der Waals surface area contributed by atoms with Crippen LogP contribution in [0, 0.1) is 30.8 Å². The van der Waals surface area contributed by atoms with Gasteiger partial charge in [-0.1, -0.05) is 12.2 Å². The van der Waals surface area contributed by atoms with Gasteiger partial charge in [-0.2, -0.15) is 10.1 Å². The van der Waals surface area contributed by atoms with Crippen molar-refractivity contribution in [2.75, 3.05) is 0 Å². The molecule has 0 radical (unpaired) electrons. The highest BCUT2D eigenvalue weighted by molar-refractivity contribution is 14.1. The molecule has 0 aromatic heterocycles. The maximum absolute atomic E-state index is 12.5. The first-order chi connectivity index (χ1) is 11.0. The van der Waals surface area contributed by atoms with E-state index in [2.05, 4.69) is 39.8 Å². The zero-order valence-electron chi connectivity index (χ0n) is 11.8. The highest BCUT2D eigenvalue weighted by atomic mass is 127. The van der Waals surface area contributed by atoms with Gasteiger partial charge in [0.15, 0.2) is 0 Å². The molecule has 1 saturated carbocycles. The van der Waals surface area contributed by atoms with Gasteiger partial charge in [0.05, 0.1) is 21.6 Å². The zero-order valence-corrected chi connectivity index (χ0v) is 16.1. The smallest absolute Gasteiger partial charge is 0.254 e. The van der Waals surface area contributed by atoms with Gasteiger partial charge in [0.1, 0.15) is 5.75 Å². The van der Waals surface area contributed by atoms with Crippen molar-refractivity contribution in [3.8, 4) is 5.75 Å². The van der Waals surface area contributed by atoms with Gasteiger partial charge in [-0.25, -0.2) is 0 Å². The Bertz CT molecular complexity index is 760. The van der Waals surface area contributed by atoms with E-state index in [1.54, 1.807) is 6.07 Å². The normalized spacial score (nSPS) is 31.7. The number of hydrogen-bond donors (Lipinski definition) is 1. The Morgan fingerprint density at radius 3 is 2.35 bits per heavy atom. The summed E-state index contributed by atoms with van der Waals surface area (Å²) in [5.74, 6) is -0.474. The Morgan fingerprint density at radius 1 is 1.13 bits per heavy atom. The molecule has 4 rings (SSSR count). The van der Waals surface area contributed by atoms with E-state index in [0.717, 1.165) is 15.0 Å². The molecule has 2 amide bonds.